The quantitative estimate of drug-likeness (QED) is 0.310. The Morgan fingerprint density at radius 2 is 1.87 bits per heavy atom. The number of fused-ring (bicyclic) bond motifs is 3. The first-order chi connectivity index (χ1) is 18.4. The summed E-state index contributed by atoms with van der Waals surface area (Å²) in [7, 11) is 0. The van der Waals surface area contributed by atoms with Crippen LogP contribution in [-0.2, 0) is 10.5 Å². The van der Waals surface area contributed by atoms with Crippen molar-refractivity contribution in [3.63, 3.8) is 0 Å². The van der Waals surface area contributed by atoms with Gasteiger partial charge in [0.25, 0.3) is 5.91 Å². The fraction of sp³-hybridized carbons (Fsp3) is 0.269. The number of pyridine rings is 1. The summed E-state index contributed by atoms with van der Waals surface area (Å²) in [6.45, 7) is 1.17. The molecule has 0 spiro atoms. The van der Waals surface area contributed by atoms with E-state index in [1.807, 2.05) is 0 Å². The van der Waals surface area contributed by atoms with Gasteiger partial charge >= 0.3 is 12.1 Å². The van der Waals surface area contributed by atoms with Gasteiger partial charge < -0.3 is 9.64 Å². The molecule has 0 aliphatic carbocycles. The maximum absolute atomic E-state index is 15.6. The zero-order chi connectivity index (χ0) is 28.2. The van der Waals surface area contributed by atoms with Gasteiger partial charge in [-0.25, -0.2) is 4.39 Å². The van der Waals surface area contributed by atoms with Gasteiger partial charge in [-0.15, -0.1) is 11.8 Å². The van der Waals surface area contributed by atoms with Gasteiger partial charge in [-0.3, -0.25) is 24.1 Å². The van der Waals surface area contributed by atoms with Gasteiger partial charge in [-0.1, -0.05) is 35.9 Å². The smallest absolute Gasteiger partial charge is 0.408 e. The second-order valence-electron chi connectivity index (χ2n) is 9.03. The number of carbonyl (C=O) groups is 2. The Kier molecular flexibility index (Phi) is 6.88. The molecule has 204 valence electrons. The Morgan fingerprint density at radius 1 is 1.15 bits per heavy atom. The summed E-state index contributed by atoms with van der Waals surface area (Å²) in [5.41, 5.74) is -0.217. The van der Waals surface area contributed by atoms with E-state index < -0.39 is 59.5 Å². The second kappa shape index (κ2) is 9.91. The SMILES string of the molecule is CC(=O)Oc1c2n(ccc1=O)N([C@H]1c3cccc(Cl)c3SCc3cccc(F)c31)CN([C@H](C)C(F)(F)F)C2=O. The van der Waals surface area contributed by atoms with E-state index in [1.54, 1.807) is 24.3 Å². The van der Waals surface area contributed by atoms with Gasteiger partial charge in [0.05, 0.1) is 5.02 Å². The number of carbonyl (C=O) groups excluding carboxylic acids is 2. The summed E-state index contributed by atoms with van der Waals surface area (Å²) in [6, 6.07) is 7.12. The summed E-state index contributed by atoms with van der Waals surface area (Å²) in [6.07, 6.45) is -3.63. The molecule has 0 saturated heterocycles. The van der Waals surface area contributed by atoms with Crippen LogP contribution in [-0.4, -0.2) is 40.3 Å². The van der Waals surface area contributed by atoms with Crippen molar-refractivity contribution in [3.05, 3.63) is 92.1 Å². The standard InChI is InChI=1S/C26H20ClF4N3O4S/c1-13(26(29,30)31)32-12-34(33-10-9-19(36)23(38-14(2)35)22(33)25(32)37)21-16-6-4-7-17(27)24(16)39-11-15-5-3-8-18(28)20(15)21/h3-10,13,21H,11-12H2,1-2H3/t13-,21+/m1/s1. The summed E-state index contributed by atoms with van der Waals surface area (Å²) in [5, 5.41) is 1.71. The fourth-order valence-corrected chi connectivity index (χ4v) is 6.24. The van der Waals surface area contributed by atoms with E-state index in [-0.39, 0.29) is 5.56 Å². The minimum absolute atomic E-state index is 0.179. The van der Waals surface area contributed by atoms with Crippen LogP contribution in [0, 0.1) is 5.82 Å². The molecule has 0 fully saturated rings. The number of thioether (sulfide) groups is 1. The molecule has 3 aromatic rings. The molecule has 2 aliphatic rings. The lowest BCUT2D eigenvalue weighted by Crippen LogP contribution is -2.60. The summed E-state index contributed by atoms with van der Waals surface area (Å²) < 4.78 is 63.7. The highest BCUT2D eigenvalue weighted by Gasteiger charge is 2.48. The van der Waals surface area contributed by atoms with Crippen LogP contribution in [0.3, 0.4) is 0 Å². The first-order valence-electron chi connectivity index (χ1n) is 11.7. The van der Waals surface area contributed by atoms with Crippen LogP contribution in [0.15, 0.2) is 58.4 Å². The number of benzene rings is 2. The van der Waals surface area contributed by atoms with Gasteiger partial charge in [0.15, 0.2) is 5.69 Å². The van der Waals surface area contributed by atoms with E-state index in [1.165, 1.54) is 35.1 Å². The van der Waals surface area contributed by atoms with Crippen molar-refractivity contribution in [1.82, 2.24) is 9.58 Å². The Morgan fingerprint density at radius 3 is 2.56 bits per heavy atom. The van der Waals surface area contributed by atoms with Crippen molar-refractivity contribution in [2.24, 2.45) is 0 Å². The number of nitrogens with zero attached hydrogens (tertiary/aromatic N) is 3. The summed E-state index contributed by atoms with van der Waals surface area (Å²) in [5.74, 6) is -3.12. The van der Waals surface area contributed by atoms with Gasteiger partial charge in [-0.2, -0.15) is 13.2 Å². The lowest BCUT2D eigenvalue weighted by atomic mass is 9.93. The number of halogens is 5. The largest absolute Gasteiger partial charge is 0.420 e. The van der Waals surface area contributed by atoms with Crippen LogP contribution in [0.1, 0.15) is 47.1 Å². The van der Waals surface area contributed by atoms with Crippen molar-refractivity contribution in [3.8, 4) is 5.75 Å². The van der Waals surface area contributed by atoms with Crippen molar-refractivity contribution < 1.29 is 31.9 Å². The number of hydrogen-bond donors (Lipinski definition) is 0. The molecule has 7 nitrogen and oxygen atoms in total. The molecular weight excluding hydrogens is 562 g/mol. The molecule has 2 aromatic carbocycles. The van der Waals surface area contributed by atoms with Gasteiger partial charge in [-0.05, 0) is 30.2 Å². The number of hydrogen-bond acceptors (Lipinski definition) is 6. The minimum Gasteiger partial charge on any atom is -0.420 e. The van der Waals surface area contributed by atoms with Gasteiger partial charge in [0.2, 0.25) is 11.2 Å². The minimum atomic E-state index is -4.83. The number of ether oxygens (including phenoxy) is 1. The fourth-order valence-electron chi connectivity index (χ4n) is 4.79. The molecule has 0 N–H and O–H groups in total. The highest BCUT2D eigenvalue weighted by molar-refractivity contribution is 7.98. The second-order valence-corrected chi connectivity index (χ2v) is 10.4. The number of esters is 1. The Labute approximate surface area is 228 Å². The summed E-state index contributed by atoms with van der Waals surface area (Å²) >= 11 is 7.86. The van der Waals surface area contributed by atoms with E-state index in [0.717, 1.165) is 24.6 Å². The third kappa shape index (κ3) is 4.65. The molecular formula is C26H20ClF4N3O4S. The molecule has 0 radical (unpaired) electrons. The highest BCUT2D eigenvalue weighted by Crippen LogP contribution is 2.46. The molecule has 0 unspecified atom stereocenters. The normalized spacial score (nSPS) is 17.6. The molecule has 0 bridgehead atoms. The van der Waals surface area contributed by atoms with E-state index >= 15 is 4.39 Å². The molecule has 1 amide bonds. The average Bonchev–Trinajstić information content (AvgIpc) is 3.03. The highest BCUT2D eigenvalue weighted by atomic mass is 35.5. The van der Waals surface area contributed by atoms with Crippen LogP contribution < -0.4 is 15.2 Å². The zero-order valence-corrected chi connectivity index (χ0v) is 22.0. The maximum Gasteiger partial charge on any atom is 0.408 e. The first kappa shape index (κ1) is 27.1. The molecule has 0 saturated carbocycles. The number of amides is 1. The van der Waals surface area contributed by atoms with Gasteiger partial charge in [0, 0.05) is 35.4 Å². The number of rotatable bonds is 3. The predicted octanol–water partition coefficient (Wildman–Crippen LogP) is 5.26. The third-order valence-electron chi connectivity index (χ3n) is 6.64. The van der Waals surface area contributed by atoms with Crippen molar-refractivity contribution >= 4 is 35.2 Å². The molecule has 2 atom stereocenters. The lowest BCUT2D eigenvalue weighted by molar-refractivity contribution is -0.173. The average molecular weight is 582 g/mol. The van der Waals surface area contributed by atoms with Gasteiger partial charge in [0.1, 0.15) is 24.6 Å². The molecule has 13 heteroatoms. The topological polar surface area (TPSA) is 71.8 Å². The van der Waals surface area contributed by atoms with Crippen molar-refractivity contribution in [2.45, 2.75) is 42.8 Å². The molecule has 5 rings (SSSR count). The number of aromatic nitrogens is 1. The molecule has 2 aliphatic heterocycles. The van der Waals surface area contributed by atoms with Crippen LogP contribution in [0.4, 0.5) is 17.6 Å². The molecule has 3 heterocycles. The van der Waals surface area contributed by atoms with Crippen LogP contribution in [0.5, 0.6) is 5.75 Å². The van der Waals surface area contributed by atoms with Crippen molar-refractivity contribution in [2.75, 3.05) is 11.7 Å². The molecule has 39 heavy (non-hydrogen) atoms. The van der Waals surface area contributed by atoms with Crippen LogP contribution in [0.2, 0.25) is 5.02 Å². The van der Waals surface area contributed by atoms with Crippen LogP contribution >= 0.6 is 23.4 Å². The first-order valence-corrected chi connectivity index (χ1v) is 13.0. The van der Waals surface area contributed by atoms with E-state index in [2.05, 4.69) is 0 Å². The maximum atomic E-state index is 15.6. The van der Waals surface area contributed by atoms with Crippen LogP contribution in [0.25, 0.3) is 0 Å². The number of alkyl halides is 3. The Balaban J connectivity index is 1.84. The predicted molar refractivity (Wildman–Crippen MR) is 136 cm³/mol. The Bertz CT molecular complexity index is 1560. The molecule has 1 aromatic heterocycles. The summed E-state index contributed by atoms with van der Waals surface area (Å²) in [4.78, 5) is 39.1. The lowest BCUT2D eigenvalue weighted by Gasteiger charge is -2.46. The Hall–Kier alpha value is -3.51. The zero-order valence-electron chi connectivity index (χ0n) is 20.5. The van der Waals surface area contributed by atoms with E-state index in [9.17, 15) is 27.6 Å². The third-order valence-corrected chi connectivity index (χ3v) is 8.26. The van der Waals surface area contributed by atoms with E-state index in [4.69, 9.17) is 16.3 Å². The monoisotopic (exact) mass is 581 g/mol. The van der Waals surface area contributed by atoms with Crippen molar-refractivity contribution in [1.29, 1.82) is 0 Å². The van der Waals surface area contributed by atoms with E-state index in [0.29, 0.717) is 31.7 Å².